The molecule has 1 aliphatic rings. The summed E-state index contributed by atoms with van der Waals surface area (Å²) in [5, 5.41) is 3.65. The molecule has 0 radical (unpaired) electrons. The molecule has 0 spiro atoms. The number of hydrogen-bond acceptors (Lipinski definition) is 2. The van der Waals surface area contributed by atoms with Gasteiger partial charge >= 0.3 is 0 Å². The predicted octanol–water partition coefficient (Wildman–Crippen LogP) is 4.07. The van der Waals surface area contributed by atoms with Gasteiger partial charge in [0.25, 0.3) is 0 Å². The average molecular weight is 292 g/mol. The Bertz CT molecular complexity index is 441. The van der Waals surface area contributed by atoms with E-state index < -0.39 is 0 Å². The van der Waals surface area contributed by atoms with E-state index >= 15 is 0 Å². The third-order valence-electron chi connectivity index (χ3n) is 4.76. The van der Waals surface area contributed by atoms with Crippen LogP contribution in [0.2, 0.25) is 0 Å². The Kier molecular flexibility index (Phi) is 5.26. The summed E-state index contributed by atoms with van der Waals surface area (Å²) in [5.74, 6) is 0.472. The summed E-state index contributed by atoms with van der Waals surface area (Å²) >= 11 is 0. The van der Waals surface area contributed by atoms with Gasteiger partial charge < -0.3 is 10.2 Å². The van der Waals surface area contributed by atoms with Gasteiger partial charge in [0.1, 0.15) is 5.82 Å². The van der Waals surface area contributed by atoms with E-state index in [0.29, 0.717) is 17.4 Å². The van der Waals surface area contributed by atoms with Gasteiger partial charge in [0.2, 0.25) is 0 Å². The molecule has 21 heavy (non-hydrogen) atoms. The largest absolute Gasteiger partial charge is 0.374 e. The number of anilines is 1. The second kappa shape index (κ2) is 6.78. The standard InChI is InChI=1S/C18H29FN2/c1-5-20-17-10-11-18(2,3)12-14(17)13-21(4)16-8-6-15(19)7-9-16/h6-9,14,17,20H,5,10-13H2,1-4H3. The fraction of sp³-hybridized carbons (Fsp3) is 0.667. The number of hydrogen-bond donors (Lipinski definition) is 1. The molecular formula is C18H29FN2. The van der Waals surface area contributed by atoms with Crippen molar-refractivity contribution in [3.05, 3.63) is 30.1 Å². The molecule has 0 heterocycles. The van der Waals surface area contributed by atoms with Crippen LogP contribution in [0.15, 0.2) is 24.3 Å². The summed E-state index contributed by atoms with van der Waals surface area (Å²) in [5.41, 5.74) is 1.52. The summed E-state index contributed by atoms with van der Waals surface area (Å²) in [6, 6.07) is 7.42. The Morgan fingerprint density at radius 2 is 1.95 bits per heavy atom. The first-order chi connectivity index (χ1) is 9.91. The highest BCUT2D eigenvalue weighted by Crippen LogP contribution is 2.39. The zero-order valence-corrected chi connectivity index (χ0v) is 13.8. The average Bonchev–Trinajstić information content (AvgIpc) is 2.42. The van der Waals surface area contributed by atoms with Crippen LogP contribution in [0.3, 0.4) is 0 Å². The monoisotopic (exact) mass is 292 g/mol. The van der Waals surface area contributed by atoms with Crippen molar-refractivity contribution in [2.45, 2.75) is 46.1 Å². The van der Waals surface area contributed by atoms with Gasteiger partial charge in [0.15, 0.2) is 0 Å². The van der Waals surface area contributed by atoms with Crippen molar-refractivity contribution < 1.29 is 4.39 Å². The van der Waals surface area contributed by atoms with Gasteiger partial charge in [-0.2, -0.15) is 0 Å². The lowest BCUT2D eigenvalue weighted by molar-refractivity contribution is 0.143. The molecule has 118 valence electrons. The molecule has 1 fully saturated rings. The molecule has 1 aromatic carbocycles. The number of nitrogens with one attached hydrogen (secondary N) is 1. The van der Waals surface area contributed by atoms with Crippen LogP contribution in [-0.2, 0) is 0 Å². The minimum Gasteiger partial charge on any atom is -0.374 e. The Balaban J connectivity index is 2.04. The molecular weight excluding hydrogens is 263 g/mol. The van der Waals surface area contributed by atoms with E-state index in [1.54, 1.807) is 12.1 Å². The fourth-order valence-corrected chi connectivity index (χ4v) is 3.61. The van der Waals surface area contributed by atoms with Crippen molar-refractivity contribution in [1.82, 2.24) is 5.32 Å². The lowest BCUT2D eigenvalue weighted by Gasteiger charge is -2.43. The number of halogens is 1. The fourth-order valence-electron chi connectivity index (χ4n) is 3.61. The minimum absolute atomic E-state index is 0.170. The molecule has 0 aromatic heterocycles. The van der Waals surface area contributed by atoms with E-state index in [1.807, 2.05) is 12.1 Å². The molecule has 1 aliphatic carbocycles. The molecule has 2 atom stereocenters. The van der Waals surface area contributed by atoms with E-state index in [-0.39, 0.29) is 5.82 Å². The Morgan fingerprint density at radius 1 is 1.29 bits per heavy atom. The van der Waals surface area contributed by atoms with E-state index in [1.165, 1.54) is 19.3 Å². The van der Waals surface area contributed by atoms with Crippen LogP contribution in [-0.4, -0.2) is 26.2 Å². The SMILES string of the molecule is CCNC1CCC(C)(C)CC1CN(C)c1ccc(F)cc1. The molecule has 1 aromatic rings. The van der Waals surface area contributed by atoms with Gasteiger partial charge in [0, 0.05) is 25.3 Å². The minimum atomic E-state index is -0.170. The molecule has 1 N–H and O–H groups in total. The zero-order chi connectivity index (χ0) is 15.5. The summed E-state index contributed by atoms with van der Waals surface area (Å²) in [6.07, 6.45) is 3.79. The first-order valence-corrected chi connectivity index (χ1v) is 8.11. The second-order valence-corrected chi connectivity index (χ2v) is 7.19. The van der Waals surface area contributed by atoms with Crippen molar-refractivity contribution in [3.63, 3.8) is 0 Å². The molecule has 3 heteroatoms. The van der Waals surface area contributed by atoms with Crippen LogP contribution in [0.1, 0.15) is 40.0 Å². The summed E-state index contributed by atoms with van der Waals surface area (Å²) in [4.78, 5) is 2.26. The number of rotatable bonds is 5. The summed E-state index contributed by atoms with van der Waals surface area (Å²) in [6.45, 7) is 8.98. The van der Waals surface area contributed by atoms with E-state index in [4.69, 9.17) is 0 Å². The van der Waals surface area contributed by atoms with E-state index in [2.05, 4.69) is 38.0 Å². The predicted molar refractivity (Wildman–Crippen MR) is 88.3 cm³/mol. The Labute approximate surface area is 128 Å². The summed E-state index contributed by atoms with van der Waals surface area (Å²) < 4.78 is 13.0. The molecule has 1 saturated carbocycles. The molecule has 2 unspecified atom stereocenters. The van der Waals surface area contributed by atoms with Gasteiger partial charge in [-0.3, -0.25) is 0 Å². The van der Waals surface area contributed by atoms with E-state index in [9.17, 15) is 4.39 Å². The number of nitrogens with zero attached hydrogens (tertiary/aromatic N) is 1. The van der Waals surface area contributed by atoms with Crippen LogP contribution in [0, 0.1) is 17.2 Å². The molecule has 2 nitrogen and oxygen atoms in total. The van der Waals surface area contributed by atoms with Crippen molar-refractivity contribution in [1.29, 1.82) is 0 Å². The van der Waals surface area contributed by atoms with Crippen LogP contribution < -0.4 is 10.2 Å². The molecule has 2 rings (SSSR count). The van der Waals surface area contributed by atoms with Gasteiger partial charge in [-0.1, -0.05) is 20.8 Å². The smallest absolute Gasteiger partial charge is 0.123 e. The van der Waals surface area contributed by atoms with Crippen molar-refractivity contribution >= 4 is 5.69 Å². The normalized spacial score (nSPS) is 24.8. The van der Waals surface area contributed by atoms with Crippen LogP contribution in [0.4, 0.5) is 10.1 Å². The quantitative estimate of drug-likeness (QED) is 0.880. The lowest BCUT2D eigenvalue weighted by atomic mass is 9.69. The van der Waals surface area contributed by atoms with Crippen LogP contribution in [0.25, 0.3) is 0 Å². The first-order valence-electron chi connectivity index (χ1n) is 8.11. The first kappa shape index (κ1) is 16.3. The van der Waals surface area contributed by atoms with Crippen molar-refractivity contribution in [2.24, 2.45) is 11.3 Å². The Hall–Kier alpha value is -1.09. The van der Waals surface area contributed by atoms with E-state index in [0.717, 1.165) is 18.8 Å². The van der Waals surface area contributed by atoms with Crippen molar-refractivity contribution in [3.8, 4) is 0 Å². The van der Waals surface area contributed by atoms with Crippen molar-refractivity contribution in [2.75, 3.05) is 25.0 Å². The number of benzene rings is 1. The lowest BCUT2D eigenvalue weighted by Crippen LogP contribution is -2.47. The molecule has 0 amide bonds. The maximum atomic E-state index is 13.0. The molecule has 0 aliphatic heterocycles. The van der Waals surface area contributed by atoms with Gasteiger partial charge in [-0.05, 0) is 61.4 Å². The van der Waals surface area contributed by atoms with Gasteiger partial charge in [-0.15, -0.1) is 0 Å². The van der Waals surface area contributed by atoms with Crippen LogP contribution >= 0.6 is 0 Å². The zero-order valence-electron chi connectivity index (χ0n) is 13.8. The topological polar surface area (TPSA) is 15.3 Å². The van der Waals surface area contributed by atoms with Gasteiger partial charge in [-0.25, -0.2) is 4.39 Å². The Morgan fingerprint density at radius 3 is 2.57 bits per heavy atom. The highest BCUT2D eigenvalue weighted by molar-refractivity contribution is 5.45. The third kappa shape index (κ3) is 4.44. The third-order valence-corrected chi connectivity index (χ3v) is 4.76. The maximum Gasteiger partial charge on any atom is 0.123 e. The van der Waals surface area contributed by atoms with Crippen LogP contribution in [0.5, 0.6) is 0 Å². The second-order valence-electron chi connectivity index (χ2n) is 7.19. The molecule has 0 bridgehead atoms. The summed E-state index contributed by atoms with van der Waals surface area (Å²) in [7, 11) is 2.11. The highest BCUT2D eigenvalue weighted by atomic mass is 19.1. The molecule has 0 saturated heterocycles. The van der Waals surface area contributed by atoms with Gasteiger partial charge in [0.05, 0.1) is 0 Å². The highest BCUT2D eigenvalue weighted by Gasteiger charge is 2.34. The maximum absolute atomic E-state index is 13.0.